The van der Waals surface area contributed by atoms with Gasteiger partial charge in [0.2, 0.25) is 5.91 Å². The lowest BCUT2D eigenvalue weighted by molar-refractivity contribution is -0.119. The molecule has 3 rings (SSSR count). The normalized spacial score (nSPS) is 11.6. The molecular formula is C24H25NO2S. The molecule has 0 fully saturated rings. The zero-order chi connectivity index (χ0) is 19.8. The Labute approximate surface area is 171 Å². The quantitative estimate of drug-likeness (QED) is 0.578. The largest absolute Gasteiger partial charge is 0.497 e. The van der Waals surface area contributed by atoms with Gasteiger partial charge in [-0.25, -0.2) is 0 Å². The smallest absolute Gasteiger partial charge is 0.230 e. The predicted molar refractivity (Wildman–Crippen MR) is 117 cm³/mol. The van der Waals surface area contributed by atoms with E-state index in [0.29, 0.717) is 5.75 Å². The molecule has 0 saturated carbocycles. The molecule has 0 radical (unpaired) electrons. The lowest BCUT2D eigenvalue weighted by atomic mass is 9.98. The molecule has 0 aliphatic carbocycles. The maximum absolute atomic E-state index is 12.6. The number of rotatable bonds is 8. The number of ether oxygens (including phenoxy) is 1. The van der Waals surface area contributed by atoms with E-state index in [1.165, 1.54) is 11.1 Å². The van der Waals surface area contributed by atoms with Crippen molar-refractivity contribution in [2.45, 2.75) is 18.7 Å². The standard InChI is InChI=1S/C24H25NO2S/c1-18-8-12-21(13-9-18)24(20-6-4-3-5-7-20)25-23(26)17-28-16-19-10-14-22(27-2)15-11-19/h3-15,24H,16-17H2,1-2H3,(H,25,26)/t24-/m1/s1. The summed E-state index contributed by atoms with van der Waals surface area (Å²) in [6.45, 7) is 2.07. The molecule has 1 N–H and O–H groups in total. The van der Waals surface area contributed by atoms with Crippen LogP contribution in [0.3, 0.4) is 0 Å². The van der Waals surface area contributed by atoms with Crippen LogP contribution >= 0.6 is 11.8 Å². The van der Waals surface area contributed by atoms with Crippen molar-refractivity contribution in [1.82, 2.24) is 5.32 Å². The number of carbonyl (C=O) groups excluding carboxylic acids is 1. The second-order valence-electron chi connectivity index (χ2n) is 6.66. The fraction of sp³-hybridized carbons (Fsp3) is 0.208. The third-order valence-corrected chi connectivity index (χ3v) is 5.51. The van der Waals surface area contributed by atoms with Gasteiger partial charge >= 0.3 is 0 Å². The van der Waals surface area contributed by atoms with Crippen molar-refractivity contribution in [1.29, 1.82) is 0 Å². The first-order valence-corrected chi connectivity index (χ1v) is 10.4. The van der Waals surface area contributed by atoms with E-state index < -0.39 is 0 Å². The van der Waals surface area contributed by atoms with E-state index in [-0.39, 0.29) is 11.9 Å². The number of carbonyl (C=O) groups is 1. The topological polar surface area (TPSA) is 38.3 Å². The third kappa shape index (κ3) is 5.64. The molecule has 3 nitrogen and oxygen atoms in total. The van der Waals surface area contributed by atoms with Crippen molar-refractivity contribution in [3.63, 3.8) is 0 Å². The van der Waals surface area contributed by atoms with E-state index in [4.69, 9.17) is 4.74 Å². The minimum Gasteiger partial charge on any atom is -0.497 e. The van der Waals surface area contributed by atoms with Crippen molar-refractivity contribution in [2.75, 3.05) is 12.9 Å². The minimum absolute atomic E-state index is 0.0351. The van der Waals surface area contributed by atoms with Crippen molar-refractivity contribution in [3.8, 4) is 5.75 Å². The molecule has 0 spiro atoms. The van der Waals surface area contributed by atoms with Crippen LogP contribution in [0.2, 0.25) is 0 Å². The molecule has 1 atom stereocenters. The predicted octanol–water partition coefficient (Wildman–Crippen LogP) is 5.14. The Bertz CT molecular complexity index is 877. The molecule has 28 heavy (non-hydrogen) atoms. The van der Waals surface area contributed by atoms with Gasteiger partial charge in [0.05, 0.1) is 18.9 Å². The maximum atomic E-state index is 12.6. The number of amides is 1. The fourth-order valence-corrected chi connectivity index (χ4v) is 3.75. The average molecular weight is 392 g/mol. The molecule has 1 amide bonds. The summed E-state index contributed by atoms with van der Waals surface area (Å²) in [4.78, 5) is 12.6. The Balaban J connectivity index is 1.61. The summed E-state index contributed by atoms with van der Waals surface area (Å²) in [5.41, 5.74) is 4.55. The molecule has 144 valence electrons. The number of nitrogens with one attached hydrogen (secondary N) is 1. The SMILES string of the molecule is COc1ccc(CSCC(=O)N[C@H](c2ccccc2)c2ccc(C)cc2)cc1. The van der Waals surface area contributed by atoms with Crippen LogP contribution in [0.25, 0.3) is 0 Å². The van der Waals surface area contributed by atoms with Gasteiger partial charge in [-0.2, -0.15) is 0 Å². The van der Waals surface area contributed by atoms with Crippen LogP contribution in [-0.4, -0.2) is 18.8 Å². The van der Waals surface area contributed by atoms with Crippen LogP contribution in [0.1, 0.15) is 28.3 Å². The minimum atomic E-state index is -0.143. The van der Waals surface area contributed by atoms with Gasteiger partial charge in [0, 0.05) is 5.75 Å². The van der Waals surface area contributed by atoms with Gasteiger partial charge in [-0.05, 0) is 35.7 Å². The molecule has 0 aromatic heterocycles. The second kappa shape index (κ2) is 10.00. The Hall–Kier alpha value is -2.72. The van der Waals surface area contributed by atoms with Gasteiger partial charge in [-0.15, -0.1) is 11.8 Å². The van der Waals surface area contributed by atoms with E-state index in [1.54, 1.807) is 18.9 Å². The molecule has 0 aliphatic heterocycles. The highest BCUT2D eigenvalue weighted by Gasteiger charge is 2.16. The Morgan fingerprint density at radius 3 is 2.21 bits per heavy atom. The lowest BCUT2D eigenvalue weighted by Gasteiger charge is -2.20. The maximum Gasteiger partial charge on any atom is 0.230 e. The van der Waals surface area contributed by atoms with Crippen molar-refractivity contribution in [2.24, 2.45) is 0 Å². The number of hydrogen-bond donors (Lipinski definition) is 1. The van der Waals surface area contributed by atoms with Crippen molar-refractivity contribution in [3.05, 3.63) is 101 Å². The van der Waals surface area contributed by atoms with Gasteiger partial charge in [0.1, 0.15) is 5.75 Å². The molecule has 0 heterocycles. The highest BCUT2D eigenvalue weighted by Crippen LogP contribution is 2.23. The highest BCUT2D eigenvalue weighted by atomic mass is 32.2. The van der Waals surface area contributed by atoms with E-state index in [9.17, 15) is 4.79 Å². The first-order valence-electron chi connectivity index (χ1n) is 9.27. The van der Waals surface area contributed by atoms with Crippen LogP contribution < -0.4 is 10.1 Å². The second-order valence-corrected chi connectivity index (χ2v) is 7.65. The highest BCUT2D eigenvalue weighted by molar-refractivity contribution is 7.99. The number of benzene rings is 3. The summed E-state index contributed by atoms with van der Waals surface area (Å²) in [6, 6.07) is 26.2. The van der Waals surface area contributed by atoms with Gasteiger partial charge in [0.15, 0.2) is 0 Å². The zero-order valence-corrected chi connectivity index (χ0v) is 17.0. The molecule has 0 saturated heterocycles. The third-order valence-electron chi connectivity index (χ3n) is 4.51. The summed E-state index contributed by atoms with van der Waals surface area (Å²) in [6.07, 6.45) is 0. The van der Waals surface area contributed by atoms with Crippen LogP contribution in [0.5, 0.6) is 5.75 Å². The molecule has 3 aromatic carbocycles. The summed E-state index contributed by atoms with van der Waals surface area (Å²) in [5.74, 6) is 2.09. The number of hydrogen-bond acceptors (Lipinski definition) is 3. The van der Waals surface area contributed by atoms with Crippen molar-refractivity contribution < 1.29 is 9.53 Å². The van der Waals surface area contributed by atoms with E-state index in [2.05, 4.69) is 48.6 Å². The summed E-state index contributed by atoms with van der Waals surface area (Å²) >= 11 is 1.61. The molecule has 0 bridgehead atoms. The van der Waals surface area contributed by atoms with Gasteiger partial charge in [-0.1, -0.05) is 72.3 Å². The molecule has 4 heteroatoms. The Morgan fingerprint density at radius 1 is 0.929 bits per heavy atom. The summed E-state index contributed by atoms with van der Waals surface area (Å²) < 4.78 is 5.18. The van der Waals surface area contributed by atoms with Crippen LogP contribution in [0.15, 0.2) is 78.9 Å². The van der Waals surface area contributed by atoms with E-state index in [1.807, 2.05) is 42.5 Å². The van der Waals surface area contributed by atoms with Crippen LogP contribution in [-0.2, 0) is 10.5 Å². The number of thioether (sulfide) groups is 1. The molecule has 0 unspecified atom stereocenters. The van der Waals surface area contributed by atoms with E-state index >= 15 is 0 Å². The van der Waals surface area contributed by atoms with Crippen LogP contribution in [0.4, 0.5) is 0 Å². The molecular weight excluding hydrogens is 366 g/mol. The van der Waals surface area contributed by atoms with Gasteiger partial charge < -0.3 is 10.1 Å². The van der Waals surface area contributed by atoms with Crippen LogP contribution in [0, 0.1) is 6.92 Å². The summed E-state index contributed by atoms with van der Waals surface area (Å²) in [5, 5.41) is 3.19. The molecule has 3 aromatic rings. The van der Waals surface area contributed by atoms with E-state index in [0.717, 1.165) is 22.6 Å². The van der Waals surface area contributed by atoms with Gasteiger partial charge in [-0.3, -0.25) is 4.79 Å². The first kappa shape index (κ1) is 20.0. The number of methoxy groups -OCH3 is 1. The first-order chi connectivity index (χ1) is 13.7. The lowest BCUT2D eigenvalue weighted by Crippen LogP contribution is -2.30. The Morgan fingerprint density at radius 2 is 1.57 bits per heavy atom. The fourth-order valence-electron chi connectivity index (χ4n) is 2.95. The monoisotopic (exact) mass is 391 g/mol. The molecule has 0 aliphatic rings. The van der Waals surface area contributed by atoms with Gasteiger partial charge in [0.25, 0.3) is 0 Å². The summed E-state index contributed by atoms with van der Waals surface area (Å²) in [7, 11) is 1.66. The van der Waals surface area contributed by atoms with Crippen molar-refractivity contribution >= 4 is 17.7 Å². The Kier molecular flexibility index (Phi) is 7.15. The average Bonchev–Trinajstić information content (AvgIpc) is 2.74. The zero-order valence-electron chi connectivity index (χ0n) is 16.2. The number of aryl methyl sites for hydroxylation is 1.